The third-order valence-electron chi connectivity index (χ3n) is 5.60. The van der Waals surface area contributed by atoms with Crippen LogP contribution in [0.1, 0.15) is 11.1 Å². The lowest BCUT2D eigenvalue weighted by atomic mass is 10.1. The highest BCUT2D eigenvalue weighted by Crippen LogP contribution is 2.36. The van der Waals surface area contributed by atoms with Crippen molar-refractivity contribution in [2.45, 2.75) is 12.4 Å². The SMILES string of the molecule is FC(F)(F)c1ccc(-c2ccc(-c3nc4oc(-c5ccc(-c6ccc(C(F)(F)F)cc6)o5)nc4o3)o2)cc1. The molecular weight excluding hydrogens is 518 g/mol. The lowest BCUT2D eigenvalue weighted by Gasteiger charge is -2.06. The minimum atomic E-state index is -4.44. The van der Waals surface area contributed by atoms with E-state index in [9.17, 15) is 26.3 Å². The third-order valence-corrected chi connectivity index (χ3v) is 5.60. The molecule has 0 amide bonds. The molecule has 0 fully saturated rings. The quantitative estimate of drug-likeness (QED) is 0.212. The number of rotatable bonds is 4. The number of nitrogens with zero attached hydrogens (tertiary/aromatic N) is 2. The fourth-order valence-corrected chi connectivity index (χ4v) is 3.72. The van der Waals surface area contributed by atoms with Gasteiger partial charge in [-0.15, -0.1) is 0 Å². The highest BCUT2D eigenvalue weighted by molar-refractivity contribution is 5.71. The predicted octanol–water partition coefficient (Wildman–Crippen LogP) is 8.71. The van der Waals surface area contributed by atoms with Crippen molar-refractivity contribution < 1.29 is 44.0 Å². The normalized spacial score (nSPS) is 12.5. The number of benzene rings is 2. The van der Waals surface area contributed by atoms with Crippen LogP contribution in [0.5, 0.6) is 0 Å². The zero-order valence-electron chi connectivity index (χ0n) is 18.7. The Balaban J connectivity index is 1.21. The van der Waals surface area contributed by atoms with E-state index in [1.54, 1.807) is 24.3 Å². The summed E-state index contributed by atoms with van der Waals surface area (Å²) >= 11 is 0. The Hall–Kier alpha value is -4.74. The summed E-state index contributed by atoms with van der Waals surface area (Å²) < 4.78 is 99.3. The van der Waals surface area contributed by atoms with Gasteiger partial charge < -0.3 is 17.7 Å². The molecule has 6 aromatic rings. The molecule has 0 spiro atoms. The van der Waals surface area contributed by atoms with Gasteiger partial charge in [-0.2, -0.15) is 36.3 Å². The zero-order valence-corrected chi connectivity index (χ0v) is 18.7. The Bertz CT molecular complexity index is 1580. The van der Waals surface area contributed by atoms with Gasteiger partial charge in [0.25, 0.3) is 23.2 Å². The van der Waals surface area contributed by atoms with E-state index in [0.29, 0.717) is 22.6 Å². The van der Waals surface area contributed by atoms with Crippen LogP contribution >= 0.6 is 0 Å². The van der Waals surface area contributed by atoms with Crippen LogP contribution in [-0.4, -0.2) is 9.97 Å². The van der Waals surface area contributed by atoms with Crippen LogP contribution < -0.4 is 0 Å². The van der Waals surface area contributed by atoms with Gasteiger partial charge in [-0.05, 0) is 48.5 Å². The number of hydrogen-bond acceptors (Lipinski definition) is 6. The van der Waals surface area contributed by atoms with E-state index in [4.69, 9.17) is 17.7 Å². The molecule has 192 valence electrons. The van der Waals surface area contributed by atoms with Crippen molar-refractivity contribution in [2.75, 3.05) is 0 Å². The molecule has 0 N–H and O–H groups in total. The molecule has 2 aromatic carbocycles. The van der Waals surface area contributed by atoms with E-state index in [1.807, 2.05) is 0 Å². The highest BCUT2D eigenvalue weighted by Gasteiger charge is 2.31. The van der Waals surface area contributed by atoms with Crippen LogP contribution in [0.15, 0.2) is 90.5 Å². The van der Waals surface area contributed by atoms with Crippen molar-refractivity contribution in [3.8, 4) is 45.9 Å². The molecule has 38 heavy (non-hydrogen) atoms. The molecule has 4 heterocycles. The summed E-state index contributed by atoms with van der Waals surface area (Å²) in [5.41, 5.74) is -0.606. The molecule has 0 saturated carbocycles. The Kier molecular flexibility index (Phi) is 5.23. The van der Waals surface area contributed by atoms with Crippen molar-refractivity contribution in [3.05, 3.63) is 83.9 Å². The second-order valence-electron chi connectivity index (χ2n) is 8.13. The molecule has 0 aliphatic carbocycles. The number of hydrogen-bond donors (Lipinski definition) is 0. The summed E-state index contributed by atoms with van der Waals surface area (Å²) in [6.45, 7) is 0. The number of aromatic nitrogens is 2. The van der Waals surface area contributed by atoms with Crippen molar-refractivity contribution in [3.63, 3.8) is 0 Å². The molecular formula is C26H12F6N2O4. The molecule has 0 aliphatic rings. The molecule has 6 rings (SSSR count). The van der Waals surface area contributed by atoms with Crippen LogP contribution in [0.4, 0.5) is 26.3 Å². The van der Waals surface area contributed by atoms with Crippen LogP contribution in [0.2, 0.25) is 0 Å². The minimum Gasteiger partial charge on any atom is -0.451 e. The van der Waals surface area contributed by atoms with Crippen molar-refractivity contribution in [1.29, 1.82) is 0 Å². The summed E-state index contributed by atoms with van der Waals surface area (Å²) in [5, 5.41) is 0. The fourth-order valence-electron chi connectivity index (χ4n) is 3.72. The van der Waals surface area contributed by atoms with Crippen LogP contribution in [0.25, 0.3) is 57.4 Å². The molecule has 12 heteroatoms. The Labute approximate surface area is 208 Å². The minimum absolute atomic E-state index is 0.0370. The summed E-state index contributed by atoms with van der Waals surface area (Å²) in [7, 11) is 0. The number of alkyl halides is 6. The second-order valence-corrected chi connectivity index (χ2v) is 8.13. The summed E-state index contributed by atoms with van der Waals surface area (Å²) in [5.74, 6) is 1.11. The zero-order chi connectivity index (χ0) is 26.7. The maximum Gasteiger partial charge on any atom is 0.416 e. The van der Waals surface area contributed by atoms with E-state index in [-0.39, 0.29) is 34.7 Å². The monoisotopic (exact) mass is 530 g/mol. The lowest BCUT2D eigenvalue weighted by molar-refractivity contribution is -0.138. The number of furan rings is 2. The molecule has 0 aliphatic heterocycles. The predicted molar refractivity (Wildman–Crippen MR) is 120 cm³/mol. The first-order valence-corrected chi connectivity index (χ1v) is 10.9. The Morgan fingerprint density at radius 3 is 1.11 bits per heavy atom. The maximum absolute atomic E-state index is 12.8. The van der Waals surface area contributed by atoms with Crippen LogP contribution in [-0.2, 0) is 12.4 Å². The van der Waals surface area contributed by atoms with Crippen molar-refractivity contribution in [2.24, 2.45) is 0 Å². The van der Waals surface area contributed by atoms with Crippen molar-refractivity contribution in [1.82, 2.24) is 9.97 Å². The van der Waals surface area contributed by atoms with Gasteiger partial charge in [-0.3, -0.25) is 0 Å². The van der Waals surface area contributed by atoms with Gasteiger partial charge in [-0.1, -0.05) is 24.3 Å². The Morgan fingerprint density at radius 1 is 0.421 bits per heavy atom. The van der Waals surface area contributed by atoms with Crippen molar-refractivity contribution >= 4 is 11.4 Å². The molecule has 0 bridgehead atoms. The van der Waals surface area contributed by atoms with Gasteiger partial charge >= 0.3 is 12.4 Å². The van der Waals surface area contributed by atoms with Crippen LogP contribution in [0.3, 0.4) is 0 Å². The Morgan fingerprint density at radius 2 is 0.763 bits per heavy atom. The van der Waals surface area contributed by atoms with E-state index in [1.165, 1.54) is 24.3 Å². The van der Waals surface area contributed by atoms with E-state index < -0.39 is 23.5 Å². The lowest BCUT2D eigenvalue weighted by Crippen LogP contribution is -2.03. The smallest absolute Gasteiger partial charge is 0.416 e. The second kappa shape index (κ2) is 8.40. The highest BCUT2D eigenvalue weighted by atomic mass is 19.4. The molecule has 6 nitrogen and oxygen atoms in total. The molecule has 4 aromatic heterocycles. The van der Waals surface area contributed by atoms with E-state index >= 15 is 0 Å². The van der Waals surface area contributed by atoms with Gasteiger partial charge in [0, 0.05) is 11.1 Å². The van der Waals surface area contributed by atoms with Gasteiger partial charge in [0.05, 0.1) is 11.1 Å². The summed E-state index contributed by atoms with van der Waals surface area (Å²) in [4.78, 5) is 8.39. The molecule has 0 atom stereocenters. The largest absolute Gasteiger partial charge is 0.451 e. The van der Waals surface area contributed by atoms with Gasteiger partial charge in [-0.25, -0.2) is 0 Å². The van der Waals surface area contributed by atoms with E-state index in [0.717, 1.165) is 24.3 Å². The van der Waals surface area contributed by atoms with E-state index in [2.05, 4.69) is 9.97 Å². The van der Waals surface area contributed by atoms with Gasteiger partial charge in [0.2, 0.25) is 0 Å². The topological polar surface area (TPSA) is 78.3 Å². The summed E-state index contributed by atoms with van der Waals surface area (Å²) in [6, 6.07) is 15.2. The average molecular weight is 530 g/mol. The van der Waals surface area contributed by atoms with Crippen LogP contribution in [0, 0.1) is 0 Å². The van der Waals surface area contributed by atoms with Gasteiger partial charge in [0.15, 0.2) is 11.5 Å². The first-order valence-electron chi connectivity index (χ1n) is 10.9. The summed E-state index contributed by atoms with van der Waals surface area (Å²) in [6.07, 6.45) is -8.88. The number of oxazole rings is 2. The maximum atomic E-state index is 12.8. The molecule has 0 radical (unpaired) electrons. The standard InChI is InChI=1S/C26H12F6N2O4/c27-25(28,29)15-5-1-13(2-6-15)17-9-11-19(35-17)21-33-23-24(37-21)34-22(38-23)20-12-10-18(36-20)14-3-7-16(8-4-14)26(30,31)32/h1-12H. The first kappa shape index (κ1) is 23.6. The number of halogens is 6. The fraction of sp³-hybridized carbons (Fsp3) is 0.0769. The third kappa shape index (κ3) is 4.33. The number of fused-ring (bicyclic) bond motifs is 1. The average Bonchev–Trinajstić information content (AvgIpc) is 3.66. The first-order chi connectivity index (χ1) is 18.0. The molecule has 0 unspecified atom stereocenters. The van der Waals surface area contributed by atoms with Gasteiger partial charge in [0.1, 0.15) is 11.5 Å². The molecule has 0 saturated heterocycles.